The van der Waals surface area contributed by atoms with Gasteiger partial charge in [-0.25, -0.2) is 0 Å². The zero-order valence-corrected chi connectivity index (χ0v) is 16.2. The third kappa shape index (κ3) is 5.91. The highest BCUT2D eigenvalue weighted by Crippen LogP contribution is 2.17. The van der Waals surface area contributed by atoms with E-state index >= 15 is 0 Å². The summed E-state index contributed by atoms with van der Waals surface area (Å²) in [5.74, 6) is 1.36. The number of carbonyl (C=O) groups excluding carboxylic acids is 2. The van der Waals surface area contributed by atoms with Crippen LogP contribution in [0.25, 0.3) is 23.3 Å². The van der Waals surface area contributed by atoms with E-state index < -0.39 is 0 Å². The lowest BCUT2D eigenvalue weighted by Crippen LogP contribution is -1.84. The van der Waals surface area contributed by atoms with E-state index in [1.54, 1.807) is 36.8 Å². The Hall–Kier alpha value is -4.18. The van der Waals surface area contributed by atoms with Gasteiger partial charge in [0.2, 0.25) is 0 Å². The Morgan fingerprint density at radius 3 is 1.23 bits per heavy atom. The number of hydrogen-bond acceptors (Lipinski definition) is 4. The number of benzene rings is 2. The third-order valence-corrected chi connectivity index (χ3v) is 4.15. The zero-order chi connectivity index (χ0) is 21.0. The molecule has 148 valence electrons. The number of furan rings is 2. The van der Waals surface area contributed by atoms with Gasteiger partial charge in [-0.1, -0.05) is 60.7 Å². The second-order valence-electron chi connectivity index (χ2n) is 6.20. The summed E-state index contributed by atoms with van der Waals surface area (Å²) in [7, 11) is 0. The average Bonchev–Trinajstić information content (AvgIpc) is 3.52. The highest BCUT2D eigenvalue weighted by Gasteiger charge is 2.01. The van der Waals surface area contributed by atoms with Crippen molar-refractivity contribution >= 4 is 35.9 Å². The molecule has 0 atom stereocenters. The minimum Gasteiger partial charge on any atom is -0.465 e. The van der Waals surface area contributed by atoms with Gasteiger partial charge in [-0.2, -0.15) is 0 Å². The van der Waals surface area contributed by atoms with Gasteiger partial charge < -0.3 is 8.83 Å². The maximum atomic E-state index is 10.9. The molecule has 4 rings (SSSR count). The standard InChI is InChI=1S/2C13H10O2/c2*14-10-12(9-13-7-4-8-15-13)11-5-2-1-3-6-11/h2*1-10H. The molecule has 4 nitrogen and oxygen atoms in total. The molecule has 2 heterocycles. The van der Waals surface area contributed by atoms with Crippen LogP contribution in [0.1, 0.15) is 22.6 Å². The van der Waals surface area contributed by atoms with Crippen molar-refractivity contribution in [3.8, 4) is 0 Å². The summed E-state index contributed by atoms with van der Waals surface area (Å²) in [6, 6.07) is 26.2. The van der Waals surface area contributed by atoms with Crippen molar-refractivity contribution in [2.75, 3.05) is 0 Å². The number of carbonyl (C=O) groups is 2. The molecule has 0 aliphatic rings. The number of aldehydes is 2. The SMILES string of the molecule is O=CC(=Cc1ccco1)c1ccccc1.O=CC(=Cc1ccco1)c1ccccc1. The second-order valence-corrected chi connectivity index (χ2v) is 6.20. The zero-order valence-electron chi connectivity index (χ0n) is 16.2. The molecule has 0 radical (unpaired) electrons. The summed E-state index contributed by atoms with van der Waals surface area (Å²) in [5.41, 5.74) is 3.02. The maximum absolute atomic E-state index is 10.9. The first-order chi connectivity index (χ1) is 14.8. The molecule has 0 saturated heterocycles. The monoisotopic (exact) mass is 396 g/mol. The topological polar surface area (TPSA) is 60.4 Å². The van der Waals surface area contributed by atoms with Crippen LogP contribution < -0.4 is 0 Å². The van der Waals surface area contributed by atoms with Crippen molar-refractivity contribution < 1.29 is 18.4 Å². The van der Waals surface area contributed by atoms with Crippen LogP contribution in [0.2, 0.25) is 0 Å². The van der Waals surface area contributed by atoms with Crippen LogP contribution in [0.5, 0.6) is 0 Å². The van der Waals surface area contributed by atoms with Crippen LogP contribution in [0.3, 0.4) is 0 Å². The molecule has 0 fully saturated rings. The first kappa shape index (κ1) is 20.6. The lowest BCUT2D eigenvalue weighted by atomic mass is 10.1. The smallest absolute Gasteiger partial charge is 0.150 e. The van der Waals surface area contributed by atoms with E-state index in [0.29, 0.717) is 22.7 Å². The van der Waals surface area contributed by atoms with Crippen molar-refractivity contribution in [2.24, 2.45) is 0 Å². The van der Waals surface area contributed by atoms with Crippen LogP contribution >= 0.6 is 0 Å². The fraction of sp³-hybridized carbons (Fsp3) is 0. The molecular formula is C26H20O4. The van der Waals surface area contributed by atoms with Crippen molar-refractivity contribution in [3.05, 3.63) is 120 Å². The normalized spacial score (nSPS) is 11.3. The summed E-state index contributed by atoms with van der Waals surface area (Å²) in [6.45, 7) is 0. The molecule has 0 aliphatic heterocycles. The molecule has 0 aliphatic carbocycles. The largest absolute Gasteiger partial charge is 0.465 e. The van der Waals surface area contributed by atoms with E-state index in [1.807, 2.05) is 72.8 Å². The van der Waals surface area contributed by atoms with Crippen LogP contribution in [0, 0.1) is 0 Å². The predicted molar refractivity (Wildman–Crippen MR) is 118 cm³/mol. The van der Waals surface area contributed by atoms with Crippen LogP contribution in [-0.2, 0) is 9.59 Å². The summed E-state index contributed by atoms with van der Waals surface area (Å²) in [4.78, 5) is 21.8. The van der Waals surface area contributed by atoms with Crippen molar-refractivity contribution in [2.45, 2.75) is 0 Å². The van der Waals surface area contributed by atoms with Gasteiger partial charge in [-0.05, 0) is 47.5 Å². The number of allylic oxidation sites excluding steroid dienone is 2. The van der Waals surface area contributed by atoms with Gasteiger partial charge >= 0.3 is 0 Å². The van der Waals surface area contributed by atoms with E-state index in [0.717, 1.165) is 23.7 Å². The van der Waals surface area contributed by atoms with E-state index in [4.69, 9.17) is 8.83 Å². The van der Waals surface area contributed by atoms with Gasteiger partial charge in [-0.3, -0.25) is 9.59 Å². The molecule has 0 amide bonds. The molecule has 0 spiro atoms. The Kier molecular flexibility index (Phi) is 7.52. The molecule has 0 N–H and O–H groups in total. The van der Waals surface area contributed by atoms with E-state index in [1.165, 1.54) is 0 Å². The number of rotatable bonds is 6. The quantitative estimate of drug-likeness (QED) is 0.294. The van der Waals surface area contributed by atoms with Crippen molar-refractivity contribution in [1.82, 2.24) is 0 Å². The van der Waals surface area contributed by atoms with Crippen LogP contribution in [0.4, 0.5) is 0 Å². The minimum atomic E-state index is 0.616. The van der Waals surface area contributed by atoms with Gasteiger partial charge in [0.1, 0.15) is 11.5 Å². The lowest BCUT2D eigenvalue weighted by Gasteiger charge is -1.97. The van der Waals surface area contributed by atoms with Crippen molar-refractivity contribution in [3.63, 3.8) is 0 Å². The Morgan fingerprint density at radius 1 is 0.533 bits per heavy atom. The number of hydrogen-bond donors (Lipinski definition) is 0. The van der Waals surface area contributed by atoms with E-state index in [9.17, 15) is 9.59 Å². The first-order valence-corrected chi connectivity index (χ1v) is 9.32. The highest BCUT2D eigenvalue weighted by atomic mass is 16.3. The summed E-state index contributed by atoms with van der Waals surface area (Å²) >= 11 is 0. The summed E-state index contributed by atoms with van der Waals surface area (Å²) < 4.78 is 10.3. The van der Waals surface area contributed by atoms with Gasteiger partial charge in [0.05, 0.1) is 12.5 Å². The summed E-state index contributed by atoms with van der Waals surface area (Å²) in [5, 5.41) is 0. The second kappa shape index (κ2) is 11.0. The molecule has 30 heavy (non-hydrogen) atoms. The molecule has 4 heteroatoms. The highest BCUT2D eigenvalue weighted by molar-refractivity contribution is 6.13. The lowest BCUT2D eigenvalue weighted by molar-refractivity contribution is -0.104. The molecule has 4 aromatic rings. The van der Waals surface area contributed by atoms with E-state index in [2.05, 4.69) is 0 Å². The van der Waals surface area contributed by atoms with Gasteiger partial charge in [0.25, 0.3) is 0 Å². The Morgan fingerprint density at radius 2 is 0.933 bits per heavy atom. The molecule has 0 unspecified atom stereocenters. The fourth-order valence-electron chi connectivity index (χ4n) is 2.69. The average molecular weight is 396 g/mol. The molecular weight excluding hydrogens is 376 g/mol. The third-order valence-electron chi connectivity index (χ3n) is 4.15. The van der Waals surface area contributed by atoms with Gasteiger partial charge in [-0.15, -0.1) is 0 Å². The Labute approximate surface area is 174 Å². The maximum Gasteiger partial charge on any atom is 0.150 e. The molecule has 2 aromatic heterocycles. The summed E-state index contributed by atoms with van der Waals surface area (Å²) in [6.07, 6.45) is 8.28. The molecule has 0 bridgehead atoms. The van der Waals surface area contributed by atoms with Crippen LogP contribution in [-0.4, -0.2) is 12.6 Å². The Bertz CT molecular complexity index is 997. The molecule has 0 saturated carbocycles. The molecule has 2 aromatic carbocycles. The van der Waals surface area contributed by atoms with Gasteiger partial charge in [0, 0.05) is 11.1 Å². The Balaban J connectivity index is 0.000000171. The van der Waals surface area contributed by atoms with Crippen molar-refractivity contribution in [1.29, 1.82) is 0 Å². The van der Waals surface area contributed by atoms with Gasteiger partial charge in [0.15, 0.2) is 12.6 Å². The van der Waals surface area contributed by atoms with E-state index in [-0.39, 0.29) is 0 Å². The minimum absolute atomic E-state index is 0.616. The first-order valence-electron chi connectivity index (χ1n) is 9.32. The predicted octanol–water partition coefficient (Wildman–Crippen LogP) is 6.04. The van der Waals surface area contributed by atoms with Crippen LogP contribution in [0.15, 0.2) is 106 Å². The fourth-order valence-corrected chi connectivity index (χ4v) is 2.69.